The quantitative estimate of drug-likeness (QED) is 0.812. The van der Waals surface area contributed by atoms with Gasteiger partial charge >= 0.3 is 12.4 Å². The number of benzene rings is 1. The molecule has 0 aliphatic carbocycles. The summed E-state index contributed by atoms with van der Waals surface area (Å²) in [5, 5.41) is 9.69. The van der Waals surface area contributed by atoms with Gasteiger partial charge in [0.05, 0.1) is 17.2 Å². The van der Waals surface area contributed by atoms with E-state index in [4.69, 9.17) is 0 Å². The van der Waals surface area contributed by atoms with Crippen LogP contribution in [0.4, 0.5) is 26.3 Å². The van der Waals surface area contributed by atoms with Crippen molar-refractivity contribution in [3.05, 3.63) is 41.1 Å². The van der Waals surface area contributed by atoms with Crippen LogP contribution in [0, 0.1) is 0 Å². The molecular weight excluding hydrogens is 312 g/mol. The molecule has 22 heavy (non-hydrogen) atoms. The molecule has 0 radical (unpaired) electrons. The van der Waals surface area contributed by atoms with Crippen LogP contribution in [0.3, 0.4) is 0 Å². The van der Waals surface area contributed by atoms with Crippen molar-refractivity contribution in [2.24, 2.45) is 0 Å². The Morgan fingerprint density at radius 1 is 1.09 bits per heavy atom. The molecule has 2 nitrogen and oxygen atoms in total. The summed E-state index contributed by atoms with van der Waals surface area (Å²) in [4.78, 5) is 3.13. The van der Waals surface area contributed by atoms with Crippen LogP contribution in [-0.2, 0) is 12.4 Å². The third-order valence-corrected chi connectivity index (χ3v) is 3.21. The van der Waals surface area contributed by atoms with Crippen molar-refractivity contribution in [3.8, 4) is 0 Å². The first-order chi connectivity index (χ1) is 10.1. The first-order valence-corrected chi connectivity index (χ1v) is 6.31. The number of rotatable bonds is 2. The first-order valence-electron chi connectivity index (χ1n) is 6.31. The molecule has 0 aliphatic rings. The second-order valence-electron chi connectivity index (χ2n) is 4.72. The standard InChI is InChI=1S/C14H11F6NO/c1-2-10(22)8-6-11(14(18,19)20)21-12-7(8)4-3-5-9(12)13(15,16)17/h3-6,10,22H,2H2,1H3. The number of fused-ring (bicyclic) bond motifs is 1. The number of aromatic nitrogens is 1. The van der Waals surface area contributed by atoms with Gasteiger partial charge in [0.2, 0.25) is 0 Å². The smallest absolute Gasteiger partial charge is 0.388 e. The zero-order valence-electron chi connectivity index (χ0n) is 11.3. The molecule has 1 aromatic heterocycles. The predicted octanol–water partition coefficient (Wildman–Crippen LogP) is 4.72. The van der Waals surface area contributed by atoms with Crippen LogP contribution in [0.15, 0.2) is 24.3 Å². The van der Waals surface area contributed by atoms with Gasteiger partial charge in [0.15, 0.2) is 0 Å². The zero-order valence-corrected chi connectivity index (χ0v) is 11.3. The van der Waals surface area contributed by atoms with Crippen LogP contribution in [0.2, 0.25) is 0 Å². The summed E-state index contributed by atoms with van der Waals surface area (Å²) in [6, 6.07) is 3.55. The molecule has 2 rings (SSSR count). The summed E-state index contributed by atoms with van der Waals surface area (Å²) in [6.07, 6.45) is -11.0. The highest BCUT2D eigenvalue weighted by Gasteiger charge is 2.37. The minimum atomic E-state index is -4.91. The Morgan fingerprint density at radius 3 is 2.23 bits per heavy atom. The Labute approximate surface area is 121 Å². The summed E-state index contributed by atoms with van der Waals surface area (Å²) >= 11 is 0. The van der Waals surface area contributed by atoms with Crippen LogP contribution >= 0.6 is 0 Å². The molecule has 120 valence electrons. The van der Waals surface area contributed by atoms with Crippen LogP contribution in [0.1, 0.15) is 36.3 Å². The highest BCUT2D eigenvalue weighted by Crippen LogP contribution is 2.39. The minimum absolute atomic E-state index is 0.0622. The minimum Gasteiger partial charge on any atom is -0.388 e. The van der Waals surface area contributed by atoms with E-state index in [0.29, 0.717) is 12.1 Å². The summed E-state index contributed by atoms with van der Waals surface area (Å²) in [7, 11) is 0. The summed E-state index contributed by atoms with van der Waals surface area (Å²) < 4.78 is 77.5. The zero-order chi connectivity index (χ0) is 16.7. The number of aliphatic hydroxyl groups excluding tert-OH is 1. The summed E-state index contributed by atoms with van der Waals surface area (Å²) in [5.41, 5.74) is -3.75. The fourth-order valence-electron chi connectivity index (χ4n) is 2.14. The topological polar surface area (TPSA) is 33.1 Å². The largest absolute Gasteiger partial charge is 0.433 e. The Bertz CT molecular complexity index is 692. The van der Waals surface area contributed by atoms with E-state index in [1.54, 1.807) is 0 Å². The third-order valence-electron chi connectivity index (χ3n) is 3.21. The van der Waals surface area contributed by atoms with Crippen molar-refractivity contribution in [2.45, 2.75) is 31.8 Å². The van der Waals surface area contributed by atoms with E-state index in [2.05, 4.69) is 4.98 Å². The van der Waals surface area contributed by atoms with E-state index < -0.39 is 35.2 Å². The van der Waals surface area contributed by atoms with E-state index in [1.165, 1.54) is 13.0 Å². The van der Waals surface area contributed by atoms with E-state index in [1.807, 2.05) is 0 Å². The number of pyridine rings is 1. The van der Waals surface area contributed by atoms with Crippen LogP contribution in [0.5, 0.6) is 0 Å². The lowest BCUT2D eigenvalue weighted by Crippen LogP contribution is -2.13. The number of para-hydroxylation sites is 1. The Morgan fingerprint density at radius 2 is 1.73 bits per heavy atom. The average molecular weight is 323 g/mol. The second kappa shape index (κ2) is 5.42. The predicted molar refractivity (Wildman–Crippen MR) is 67.0 cm³/mol. The molecule has 0 spiro atoms. The average Bonchev–Trinajstić information content (AvgIpc) is 2.42. The summed E-state index contributed by atoms with van der Waals surface area (Å²) in [5.74, 6) is 0. The molecule has 1 unspecified atom stereocenters. The number of nitrogens with zero attached hydrogens (tertiary/aromatic N) is 1. The molecule has 0 saturated heterocycles. The van der Waals surface area contributed by atoms with Gasteiger partial charge in [-0.3, -0.25) is 0 Å². The molecule has 2 aromatic rings. The van der Waals surface area contributed by atoms with E-state index in [-0.39, 0.29) is 17.4 Å². The molecular formula is C14H11F6NO. The van der Waals surface area contributed by atoms with Crippen molar-refractivity contribution in [1.29, 1.82) is 0 Å². The van der Waals surface area contributed by atoms with Crippen molar-refractivity contribution < 1.29 is 31.4 Å². The number of alkyl halides is 6. The van der Waals surface area contributed by atoms with Crippen LogP contribution in [0.25, 0.3) is 10.9 Å². The Balaban J connectivity index is 2.89. The highest BCUT2D eigenvalue weighted by atomic mass is 19.4. The number of halogens is 6. The number of hydrogen-bond donors (Lipinski definition) is 1. The molecule has 0 bridgehead atoms. The van der Waals surface area contributed by atoms with Gasteiger partial charge in [0, 0.05) is 5.39 Å². The monoisotopic (exact) mass is 323 g/mol. The number of aliphatic hydroxyl groups is 1. The van der Waals surface area contributed by atoms with Gasteiger partial charge in [-0.15, -0.1) is 0 Å². The van der Waals surface area contributed by atoms with Crippen LogP contribution < -0.4 is 0 Å². The molecule has 8 heteroatoms. The lowest BCUT2D eigenvalue weighted by molar-refractivity contribution is -0.142. The van der Waals surface area contributed by atoms with Gasteiger partial charge in [0.1, 0.15) is 5.69 Å². The van der Waals surface area contributed by atoms with Gasteiger partial charge in [-0.1, -0.05) is 19.1 Å². The Kier molecular flexibility index (Phi) is 4.08. The lowest BCUT2D eigenvalue weighted by atomic mass is 9.98. The molecule has 1 heterocycles. The molecule has 0 fully saturated rings. The van der Waals surface area contributed by atoms with Gasteiger partial charge in [-0.2, -0.15) is 26.3 Å². The maximum Gasteiger partial charge on any atom is 0.433 e. The molecule has 0 amide bonds. The van der Waals surface area contributed by atoms with E-state index >= 15 is 0 Å². The molecule has 1 N–H and O–H groups in total. The maximum absolute atomic E-state index is 13.0. The molecule has 0 aliphatic heterocycles. The number of hydrogen-bond acceptors (Lipinski definition) is 2. The van der Waals surface area contributed by atoms with Crippen molar-refractivity contribution >= 4 is 10.9 Å². The van der Waals surface area contributed by atoms with Gasteiger partial charge < -0.3 is 5.11 Å². The Hall–Kier alpha value is -1.83. The summed E-state index contributed by atoms with van der Waals surface area (Å²) in [6.45, 7) is 1.51. The lowest BCUT2D eigenvalue weighted by Gasteiger charge is -2.17. The molecule has 1 aromatic carbocycles. The van der Waals surface area contributed by atoms with Crippen LogP contribution in [-0.4, -0.2) is 10.1 Å². The van der Waals surface area contributed by atoms with Crippen molar-refractivity contribution in [1.82, 2.24) is 4.98 Å². The van der Waals surface area contributed by atoms with E-state index in [9.17, 15) is 31.4 Å². The SMILES string of the molecule is CCC(O)c1cc(C(F)(F)F)nc2c(C(F)(F)F)cccc12. The first kappa shape index (κ1) is 16.5. The fraction of sp³-hybridized carbons (Fsp3) is 0.357. The third kappa shape index (κ3) is 3.01. The van der Waals surface area contributed by atoms with E-state index in [0.717, 1.165) is 6.07 Å². The van der Waals surface area contributed by atoms with Crippen molar-refractivity contribution in [3.63, 3.8) is 0 Å². The second-order valence-corrected chi connectivity index (χ2v) is 4.72. The highest BCUT2D eigenvalue weighted by molar-refractivity contribution is 5.86. The van der Waals surface area contributed by atoms with Gasteiger partial charge in [-0.05, 0) is 24.1 Å². The fourth-order valence-corrected chi connectivity index (χ4v) is 2.14. The molecule has 1 atom stereocenters. The van der Waals surface area contributed by atoms with Crippen molar-refractivity contribution in [2.75, 3.05) is 0 Å². The van der Waals surface area contributed by atoms with Gasteiger partial charge in [0.25, 0.3) is 0 Å². The normalized spacial score (nSPS) is 14.4. The molecule has 0 saturated carbocycles. The maximum atomic E-state index is 13.0. The van der Waals surface area contributed by atoms with Gasteiger partial charge in [-0.25, -0.2) is 4.98 Å².